The van der Waals surface area contributed by atoms with Crippen LogP contribution in [0.1, 0.15) is 21.7 Å². The normalized spacial score (nSPS) is 11.6. The Bertz CT molecular complexity index is 3130. The van der Waals surface area contributed by atoms with E-state index in [0.717, 1.165) is 11.0 Å². The Morgan fingerprint density at radius 1 is 0.444 bits per heavy atom. The van der Waals surface area contributed by atoms with Crippen LogP contribution in [0.4, 0.5) is 0 Å². The summed E-state index contributed by atoms with van der Waals surface area (Å²) in [6, 6.07) is 64.4. The average Bonchev–Trinajstić information content (AvgIpc) is 3.90. The van der Waals surface area contributed by atoms with Crippen LogP contribution in [0.25, 0.3) is 103 Å². The van der Waals surface area contributed by atoms with Crippen LogP contribution < -0.4 is 0 Å². The van der Waals surface area contributed by atoms with Crippen molar-refractivity contribution in [1.29, 1.82) is 0 Å². The Morgan fingerprint density at radius 3 is 1.72 bits per heavy atom. The molecule has 0 saturated carbocycles. The summed E-state index contributed by atoms with van der Waals surface area (Å²) in [6.07, 6.45) is 1.25. The average molecular weight is 713 g/mol. The molecule has 11 rings (SSSR count). The van der Waals surface area contributed by atoms with Crippen molar-refractivity contribution in [2.24, 2.45) is 0 Å². The first kappa shape index (κ1) is 32.2. The maximum Gasteiger partial charge on any atom is 0.0544 e. The second kappa shape index (κ2) is 13.2. The minimum absolute atomic E-state index is 0. The number of hydrogen-bond acceptors (Lipinski definition) is 1. The molecule has 54 heavy (non-hydrogen) atoms. The number of benzene rings is 8. The van der Waals surface area contributed by atoms with E-state index in [1.54, 1.807) is 0 Å². The molecule has 0 aliphatic heterocycles. The van der Waals surface area contributed by atoms with E-state index in [1.807, 2.05) is 11.3 Å². The van der Waals surface area contributed by atoms with Crippen molar-refractivity contribution in [2.75, 3.05) is 0 Å². The third-order valence-corrected chi connectivity index (χ3v) is 11.7. The Morgan fingerprint density at radius 2 is 1.00 bits per heavy atom. The van der Waals surface area contributed by atoms with Gasteiger partial charge >= 0.3 is 0 Å². The van der Waals surface area contributed by atoms with E-state index >= 15 is 0 Å². The summed E-state index contributed by atoms with van der Waals surface area (Å²) in [4.78, 5) is 3.80. The fourth-order valence-corrected chi connectivity index (χ4v) is 9.23. The minimum Gasteiger partial charge on any atom is -0.354 e. The lowest BCUT2D eigenvalue weighted by molar-refractivity contribution is 1.09. The van der Waals surface area contributed by atoms with Gasteiger partial charge in [-0.05, 0) is 88.5 Å². The second-order valence-electron chi connectivity index (χ2n) is 14.1. The molecule has 0 saturated heterocycles. The molecule has 0 atom stereocenters. The summed E-state index contributed by atoms with van der Waals surface area (Å²) in [5.74, 6) is 0. The van der Waals surface area contributed by atoms with Crippen LogP contribution in [0.5, 0.6) is 0 Å². The quantitative estimate of drug-likeness (QED) is 0.188. The first-order valence-electron chi connectivity index (χ1n) is 18.8. The lowest BCUT2D eigenvalue weighted by atomic mass is 9.95. The lowest BCUT2D eigenvalue weighted by Crippen LogP contribution is -1.93. The molecule has 3 aromatic heterocycles. The fraction of sp³-hybridized carbons (Fsp3) is 0.0588. The molecule has 0 aliphatic carbocycles. The zero-order valence-corrected chi connectivity index (χ0v) is 31.1. The zero-order chi connectivity index (χ0) is 36.2. The van der Waals surface area contributed by atoms with Crippen molar-refractivity contribution in [1.82, 2.24) is 9.55 Å². The standard InChI is InChI=1S/C48H30N2S.C3H8.H2/c1-4-19-44-37(14-1)38-15-2-5-20-45(38)50(44)35-23-24-43-41(29-35)40-18-9-17-36(48(40)49-43)34-13-8-12-32(27-34)30-10-7-11-31(26-30)33-22-25-47-42(28-33)39-16-3-6-21-46(39)51-47;1-3-2;/h1-29,49H;3H2,1-2H3;1H. The van der Waals surface area contributed by atoms with Gasteiger partial charge in [0.05, 0.1) is 16.6 Å². The van der Waals surface area contributed by atoms with Crippen LogP contribution in [-0.2, 0) is 0 Å². The molecule has 0 fully saturated rings. The highest BCUT2D eigenvalue weighted by Gasteiger charge is 2.15. The molecule has 260 valence electrons. The van der Waals surface area contributed by atoms with Crippen molar-refractivity contribution < 1.29 is 1.43 Å². The summed E-state index contributed by atoms with van der Waals surface area (Å²) in [5, 5.41) is 7.67. The van der Waals surface area contributed by atoms with Crippen molar-refractivity contribution >= 4 is 75.1 Å². The zero-order valence-electron chi connectivity index (χ0n) is 30.3. The van der Waals surface area contributed by atoms with Gasteiger partial charge in [0.2, 0.25) is 0 Å². The Hall–Kier alpha value is -6.42. The topological polar surface area (TPSA) is 20.7 Å². The van der Waals surface area contributed by atoms with E-state index in [0.29, 0.717) is 0 Å². The number of rotatable bonds is 4. The molecule has 0 unspecified atom stereocenters. The summed E-state index contributed by atoms with van der Waals surface area (Å²) >= 11 is 1.86. The van der Waals surface area contributed by atoms with Gasteiger partial charge in [0, 0.05) is 59.9 Å². The summed E-state index contributed by atoms with van der Waals surface area (Å²) < 4.78 is 5.06. The molecule has 3 heteroatoms. The number of aromatic amines is 1. The molecular formula is C51H40N2S. The first-order valence-corrected chi connectivity index (χ1v) is 19.7. The van der Waals surface area contributed by atoms with E-state index in [2.05, 4.69) is 199 Å². The van der Waals surface area contributed by atoms with E-state index in [9.17, 15) is 0 Å². The number of thiophene rings is 1. The molecule has 11 aromatic rings. The fourth-order valence-electron chi connectivity index (χ4n) is 8.14. The Labute approximate surface area is 320 Å². The van der Waals surface area contributed by atoms with Gasteiger partial charge in [-0.3, -0.25) is 0 Å². The maximum absolute atomic E-state index is 3.80. The minimum atomic E-state index is 0. The number of para-hydroxylation sites is 3. The first-order chi connectivity index (χ1) is 26.7. The Kier molecular flexibility index (Phi) is 7.89. The van der Waals surface area contributed by atoms with Gasteiger partial charge in [0.15, 0.2) is 0 Å². The summed E-state index contributed by atoms with van der Waals surface area (Å²) in [7, 11) is 0. The van der Waals surface area contributed by atoms with Gasteiger partial charge in [-0.25, -0.2) is 0 Å². The summed E-state index contributed by atoms with van der Waals surface area (Å²) in [5.41, 5.74) is 13.2. The molecule has 8 aromatic carbocycles. The molecular weight excluding hydrogens is 673 g/mol. The molecule has 1 N–H and O–H groups in total. The molecule has 0 aliphatic rings. The van der Waals surface area contributed by atoms with Crippen LogP contribution in [0.2, 0.25) is 0 Å². The number of nitrogens with zero attached hydrogens (tertiary/aromatic N) is 1. The third-order valence-electron chi connectivity index (χ3n) is 10.5. The van der Waals surface area contributed by atoms with Crippen LogP contribution in [0, 0.1) is 0 Å². The number of nitrogens with one attached hydrogen (secondary N) is 1. The molecule has 0 amide bonds. The van der Waals surface area contributed by atoms with Gasteiger partial charge in [-0.1, -0.05) is 136 Å². The van der Waals surface area contributed by atoms with Crippen LogP contribution >= 0.6 is 11.3 Å². The largest absolute Gasteiger partial charge is 0.354 e. The van der Waals surface area contributed by atoms with Crippen molar-refractivity contribution in [3.63, 3.8) is 0 Å². The van der Waals surface area contributed by atoms with Gasteiger partial charge in [0.25, 0.3) is 0 Å². The predicted octanol–water partition coefficient (Wildman–Crippen LogP) is 15.4. The van der Waals surface area contributed by atoms with Crippen molar-refractivity contribution in [3.05, 3.63) is 176 Å². The summed E-state index contributed by atoms with van der Waals surface area (Å²) in [6.45, 7) is 4.25. The van der Waals surface area contributed by atoms with Gasteiger partial charge in [0.1, 0.15) is 0 Å². The highest BCUT2D eigenvalue weighted by molar-refractivity contribution is 7.25. The van der Waals surface area contributed by atoms with E-state index < -0.39 is 0 Å². The van der Waals surface area contributed by atoms with Crippen LogP contribution in [-0.4, -0.2) is 9.55 Å². The van der Waals surface area contributed by atoms with E-state index in [4.69, 9.17) is 0 Å². The van der Waals surface area contributed by atoms with Gasteiger partial charge < -0.3 is 9.55 Å². The number of H-pyrrole nitrogens is 1. The monoisotopic (exact) mass is 712 g/mol. The van der Waals surface area contributed by atoms with E-state index in [-0.39, 0.29) is 1.43 Å². The number of fused-ring (bicyclic) bond motifs is 9. The molecule has 0 bridgehead atoms. The number of hydrogen-bond donors (Lipinski definition) is 1. The SMILES string of the molecule is CCC.[HH].c1cc(-c2cccc(-c3cccc4c3[nH]c3ccc(-n5c6ccccc6c6ccccc65)cc34)c2)cc(-c2ccc3sc4ccccc4c3c2)c1. The second-order valence-corrected chi connectivity index (χ2v) is 15.2. The van der Waals surface area contributed by atoms with Crippen LogP contribution in [0.3, 0.4) is 0 Å². The molecule has 3 heterocycles. The third kappa shape index (κ3) is 5.31. The molecule has 0 radical (unpaired) electrons. The lowest BCUT2D eigenvalue weighted by Gasteiger charge is -2.10. The van der Waals surface area contributed by atoms with E-state index in [1.165, 1.54) is 98.2 Å². The maximum atomic E-state index is 3.80. The van der Waals surface area contributed by atoms with Gasteiger partial charge in [-0.2, -0.15) is 0 Å². The highest BCUT2D eigenvalue weighted by Crippen LogP contribution is 2.39. The predicted molar refractivity (Wildman–Crippen MR) is 237 cm³/mol. The van der Waals surface area contributed by atoms with Crippen LogP contribution in [0.15, 0.2) is 176 Å². The Balaban J connectivity index is 0.000000963. The molecule has 0 spiro atoms. The number of aromatic nitrogens is 2. The van der Waals surface area contributed by atoms with Crippen molar-refractivity contribution in [2.45, 2.75) is 20.3 Å². The smallest absolute Gasteiger partial charge is 0.0544 e. The molecule has 2 nitrogen and oxygen atoms in total. The van der Waals surface area contributed by atoms with Crippen molar-refractivity contribution in [3.8, 4) is 39.1 Å². The highest BCUT2D eigenvalue weighted by atomic mass is 32.1. The van der Waals surface area contributed by atoms with Gasteiger partial charge in [-0.15, -0.1) is 11.3 Å².